The molecule has 0 N–H and O–H groups in total. The molecule has 0 aliphatic rings. The van der Waals surface area contributed by atoms with Crippen LogP contribution in [0.5, 0.6) is 0 Å². The second-order valence-electron chi connectivity index (χ2n) is 5.37. The van der Waals surface area contributed by atoms with Crippen molar-refractivity contribution in [3.8, 4) is 11.5 Å². The fourth-order valence-corrected chi connectivity index (χ4v) is 3.15. The summed E-state index contributed by atoms with van der Waals surface area (Å²) in [5.41, 5.74) is 2.70. The lowest BCUT2D eigenvalue weighted by Crippen LogP contribution is -2.13. The summed E-state index contributed by atoms with van der Waals surface area (Å²) in [6.07, 6.45) is 0. The molecule has 24 heavy (non-hydrogen) atoms. The topological polar surface area (TPSA) is 56.0 Å². The van der Waals surface area contributed by atoms with Crippen LogP contribution in [0.4, 0.5) is 0 Å². The van der Waals surface area contributed by atoms with Gasteiger partial charge in [-0.05, 0) is 38.1 Å². The van der Waals surface area contributed by atoms with Crippen LogP contribution < -0.4 is 0 Å². The minimum Gasteiger partial charge on any atom is -0.411 e. The van der Waals surface area contributed by atoms with Crippen LogP contribution in [-0.2, 0) is 0 Å². The van der Waals surface area contributed by atoms with Gasteiger partial charge in [-0.1, -0.05) is 57.5 Å². The number of benzene rings is 2. The van der Waals surface area contributed by atoms with Gasteiger partial charge in [0, 0.05) is 15.6 Å². The monoisotopic (exact) mass is 402 g/mol. The second-order valence-corrected chi connectivity index (χ2v) is 7.58. The zero-order valence-electron chi connectivity index (χ0n) is 13.2. The molecule has 1 heterocycles. The van der Waals surface area contributed by atoms with Gasteiger partial charge < -0.3 is 4.42 Å². The molecule has 4 nitrogen and oxygen atoms in total. The van der Waals surface area contributed by atoms with Crippen molar-refractivity contribution < 1.29 is 9.21 Å². The first kappa shape index (κ1) is 16.9. The molecule has 0 spiro atoms. The Balaban J connectivity index is 1.70. The van der Waals surface area contributed by atoms with E-state index >= 15 is 0 Å². The summed E-state index contributed by atoms with van der Waals surface area (Å²) in [6.45, 7) is 3.86. The molecule has 1 aromatic heterocycles. The van der Waals surface area contributed by atoms with E-state index in [0.717, 1.165) is 10.0 Å². The number of carbonyl (C=O) groups excluding carboxylic acids is 1. The molecule has 6 heteroatoms. The number of carbonyl (C=O) groups is 1. The highest BCUT2D eigenvalue weighted by atomic mass is 79.9. The molecule has 2 aromatic carbocycles. The van der Waals surface area contributed by atoms with Crippen LogP contribution in [0.3, 0.4) is 0 Å². The van der Waals surface area contributed by atoms with E-state index in [1.165, 1.54) is 17.3 Å². The zero-order valence-corrected chi connectivity index (χ0v) is 15.6. The van der Waals surface area contributed by atoms with Crippen molar-refractivity contribution in [1.82, 2.24) is 10.2 Å². The number of thioether (sulfide) groups is 1. The Hall–Kier alpha value is -1.92. The number of rotatable bonds is 5. The van der Waals surface area contributed by atoms with Crippen molar-refractivity contribution >= 4 is 33.5 Å². The lowest BCUT2D eigenvalue weighted by atomic mass is 10.1. The predicted octanol–water partition coefficient (Wildman–Crippen LogP) is 5.17. The molecule has 0 saturated heterocycles. The lowest BCUT2D eigenvalue weighted by molar-refractivity contribution is 0.0993. The Bertz CT molecular complexity index is 844. The Morgan fingerprint density at radius 2 is 1.75 bits per heavy atom. The molecule has 0 saturated carbocycles. The van der Waals surface area contributed by atoms with E-state index in [-0.39, 0.29) is 11.0 Å². The van der Waals surface area contributed by atoms with Crippen molar-refractivity contribution in [2.75, 3.05) is 0 Å². The highest BCUT2D eigenvalue weighted by Crippen LogP contribution is 2.28. The zero-order chi connectivity index (χ0) is 17.1. The quantitative estimate of drug-likeness (QED) is 0.435. The first-order valence-electron chi connectivity index (χ1n) is 7.40. The number of halogens is 1. The number of aryl methyl sites for hydroxylation is 1. The molecule has 122 valence electrons. The average Bonchev–Trinajstić information content (AvgIpc) is 3.04. The number of hydrogen-bond donors (Lipinski definition) is 0. The molecule has 0 fully saturated rings. The first-order chi connectivity index (χ1) is 11.5. The third kappa shape index (κ3) is 3.94. The van der Waals surface area contributed by atoms with Crippen LogP contribution in [0.25, 0.3) is 11.5 Å². The summed E-state index contributed by atoms with van der Waals surface area (Å²) in [7, 11) is 0. The molecule has 3 rings (SSSR count). The molecule has 3 aromatic rings. The summed E-state index contributed by atoms with van der Waals surface area (Å²) in [6, 6.07) is 15.2. The third-order valence-corrected chi connectivity index (χ3v) is 4.94. The molecule has 0 aliphatic carbocycles. The van der Waals surface area contributed by atoms with E-state index in [9.17, 15) is 4.79 Å². The number of ketones is 1. The van der Waals surface area contributed by atoms with Crippen molar-refractivity contribution in [2.45, 2.75) is 24.3 Å². The number of nitrogens with zero attached hydrogens (tertiary/aromatic N) is 2. The maximum atomic E-state index is 12.4. The molecular formula is C18H15BrN2O2S. The Morgan fingerprint density at radius 1 is 1.08 bits per heavy atom. The van der Waals surface area contributed by atoms with Crippen molar-refractivity contribution in [1.29, 1.82) is 0 Å². The Morgan fingerprint density at radius 3 is 2.42 bits per heavy atom. The van der Waals surface area contributed by atoms with Gasteiger partial charge >= 0.3 is 0 Å². The van der Waals surface area contributed by atoms with Gasteiger partial charge in [0.05, 0.1) is 5.25 Å². The fourth-order valence-electron chi connectivity index (χ4n) is 2.12. The average molecular weight is 403 g/mol. The first-order valence-corrected chi connectivity index (χ1v) is 9.07. The molecule has 1 atom stereocenters. The Kier molecular flexibility index (Phi) is 5.16. The molecular weight excluding hydrogens is 388 g/mol. The van der Waals surface area contributed by atoms with Gasteiger partial charge in [0.1, 0.15) is 0 Å². The van der Waals surface area contributed by atoms with E-state index in [1.54, 1.807) is 12.1 Å². The molecule has 0 bridgehead atoms. The van der Waals surface area contributed by atoms with Crippen LogP contribution >= 0.6 is 27.7 Å². The van der Waals surface area contributed by atoms with Gasteiger partial charge in [-0.2, -0.15) is 0 Å². The fraction of sp³-hybridized carbons (Fsp3) is 0.167. The molecule has 0 aliphatic heterocycles. The standard InChI is InChI=1S/C18H15BrN2O2S/c1-11-3-5-14(6-4-11)17-20-21-18(23-17)24-12(2)16(22)13-7-9-15(19)10-8-13/h3-10,12H,1-2H3. The number of Topliss-reactive ketones (excluding diaryl/α,β-unsaturated/α-hetero) is 1. The van der Waals surface area contributed by atoms with Gasteiger partial charge in [0.2, 0.25) is 5.89 Å². The van der Waals surface area contributed by atoms with E-state index in [1.807, 2.05) is 50.2 Å². The number of hydrogen-bond acceptors (Lipinski definition) is 5. The van der Waals surface area contributed by atoms with Crippen LogP contribution in [-0.4, -0.2) is 21.2 Å². The summed E-state index contributed by atoms with van der Waals surface area (Å²) < 4.78 is 6.61. The van der Waals surface area contributed by atoms with Gasteiger partial charge in [-0.25, -0.2) is 0 Å². The van der Waals surface area contributed by atoms with Crippen molar-refractivity contribution in [3.63, 3.8) is 0 Å². The summed E-state index contributed by atoms with van der Waals surface area (Å²) in [4.78, 5) is 12.4. The minimum atomic E-state index is -0.308. The summed E-state index contributed by atoms with van der Waals surface area (Å²) in [5, 5.41) is 8.17. The molecule has 1 unspecified atom stereocenters. The highest BCUT2D eigenvalue weighted by molar-refractivity contribution is 9.10. The SMILES string of the molecule is Cc1ccc(-c2nnc(SC(C)C(=O)c3ccc(Br)cc3)o2)cc1. The van der Waals surface area contributed by atoms with Crippen LogP contribution in [0.2, 0.25) is 0 Å². The van der Waals surface area contributed by atoms with Crippen molar-refractivity contribution in [2.24, 2.45) is 0 Å². The predicted molar refractivity (Wildman–Crippen MR) is 98.3 cm³/mol. The summed E-state index contributed by atoms with van der Waals surface area (Å²) in [5.74, 6) is 0.489. The lowest BCUT2D eigenvalue weighted by Gasteiger charge is -2.07. The van der Waals surface area contributed by atoms with E-state index in [2.05, 4.69) is 26.1 Å². The maximum absolute atomic E-state index is 12.4. The van der Waals surface area contributed by atoms with Gasteiger partial charge in [-0.15, -0.1) is 10.2 Å². The highest BCUT2D eigenvalue weighted by Gasteiger charge is 2.20. The van der Waals surface area contributed by atoms with E-state index < -0.39 is 0 Å². The summed E-state index contributed by atoms with van der Waals surface area (Å²) >= 11 is 4.63. The molecule has 0 amide bonds. The molecule has 0 radical (unpaired) electrons. The largest absolute Gasteiger partial charge is 0.411 e. The van der Waals surface area contributed by atoms with Gasteiger partial charge in [0.25, 0.3) is 5.22 Å². The van der Waals surface area contributed by atoms with Gasteiger partial charge in [0.15, 0.2) is 5.78 Å². The van der Waals surface area contributed by atoms with Crippen LogP contribution in [0.15, 0.2) is 62.6 Å². The van der Waals surface area contributed by atoms with Gasteiger partial charge in [-0.3, -0.25) is 4.79 Å². The normalized spacial score (nSPS) is 12.1. The Labute approximate surface area is 152 Å². The minimum absolute atomic E-state index is 0.0302. The van der Waals surface area contributed by atoms with Crippen LogP contribution in [0, 0.1) is 6.92 Å². The van der Waals surface area contributed by atoms with Crippen LogP contribution in [0.1, 0.15) is 22.8 Å². The van der Waals surface area contributed by atoms with E-state index in [0.29, 0.717) is 16.7 Å². The third-order valence-electron chi connectivity index (χ3n) is 3.48. The smallest absolute Gasteiger partial charge is 0.277 e. The maximum Gasteiger partial charge on any atom is 0.277 e. The van der Waals surface area contributed by atoms with E-state index in [4.69, 9.17) is 4.42 Å². The second kappa shape index (κ2) is 7.32. The van der Waals surface area contributed by atoms with Crippen molar-refractivity contribution in [3.05, 3.63) is 64.1 Å². The number of aromatic nitrogens is 2.